The van der Waals surface area contributed by atoms with E-state index in [9.17, 15) is 4.39 Å². The Morgan fingerprint density at radius 1 is 1.54 bits per heavy atom. The predicted octanol–water partition coefficient (Wildman–Crippen LogP) is 2.00. The summed E-state index contributed by atoms with van der Waals surface area (Å²) in [5, 5.41) is 0. The molecule has 1 fully saturated rings. The lowest BCUT2D eigenvalue weighted by Crippen LogP contribution is -2.47. The highest BCUT2D eigenvalue weighted by molar-refractivity contribution is 9.10. The van der Waals surface area contributed by atoms with Gasteiger partial charge in [-0.1, -0.05) is 0 Å². The van der Waals surface area contributed by atoms with Gasteiger partial charge in [0.15, 0.2) is 0 Å². The van der Waals surface area contributed by atoms with Crippen molar-refractivity contribution in [3.8, 4) is 0 Å². The number of aromatic nitrogens is 1. The topological polar surface area (TPSA) is 16.1 Å². The highest BCUT2D eigenvalue weighted by Crippen LogP contribution is 2.15. The van der Waals surface area contributed by atoms with E-state index in [0.717, 1.165) is 16.7 Å². The number of alkyl halides is 1. The molecule has 4 heteroatoms. The Morgan fingerprint density at radius 3 is 2.85 bits per heavy atom. The molecule has 0 saturated carbocycles. The van der Waals surface area contributed by atoms with Crippen LogP contribution >= 0.6 is 15.9 Å². The van der Waals surface area contributed by atoms with Crippen LogP contribution in [-0.4, -0.2) is 29.1 Å². The number of hydrogen-bond donors (Lipinski definition) is 0. The van der Waals surface area contributed by atoms with Gasteiger partial charge in [0.25, 0.3) is 0 Å². The van der Waals surface area contributed by atoms with E-state index in [2.05, 4.69) is 20.9 Å². The molecule has 0 unspecified atom stereocenters. The molecular weight excluding hydrogens is 235 g/mol. The van der Waals surface area contributed by atoms with Gasteiger partial charge in [-0.15, -0.1) is 0 Å². The van der Waals surface area contributed by atoms with E-state index < -0.39 is 6.17 Å². The van der Waals surface area contributed by atoms with Gasteiger partial charge < -0.3 is 0 Å². The fraction of sp³-hybridized carbons (Fsp3) is 0.444. The third-order valence-electron chi connectivity index (χ3n) is 2.09. The lowest BCUT2D eigenvalue weighted by atomic mass is 10.2. The summed E-state index contributed by atoms with van der Waals surface area (Å²) in [6.45, 7) is 1.86. The van der Waals surface area contributed by atoms with Gasteiger partial charge in [-0.3, -0.25) is 9.88 Å². The fourth-order valence-corrected chi connectivity index (χ4v) is 1.60. The van der Waals surface area contributed by atoms with E-state index in [1.54, 1.807) is 6.20 Å². The van der Waals surface area contributed by atoms with Gasteiger partial charge in [0.1, 0.15) is 6.17 Å². The van der Waals surface area contributed by atoms with Gasteiger partial charge in [0, 0.05) is 30.3 Å². The van der Waals surface area contributed by atoms with Crippen molar-refractivity contribution in [2.24, 2.45) is 0 Å². The molecule has 0 N–H and O–H groups in total. The third-order valence-corrected chi connectivity index (χ3v) is 2.56. The van der Waals surface area contributed by atoms with Crippen LogP contribution in [0.1, 0.15) is 5.69 Å². The van der Waals surface area contributed by atoms with Crippen molar-refractivity contribution < 1.29 is 4.39 Å². The van der Waals surface area contributed by atoms with Crippen LogP contribution in [-0.2, 0) is 6.54 Å². The standard InChI is InChI=1S/C9H10BrFN2/c10-7-1-2-9(12-3-7)6-13-4-8(11)5-13/h1-3,8H,4-6H2. The number of hydrogen-bond acceptors (Lipinski definition) is 2. The molecule has 2 rings (SSSR count). The number of rotatable bonds is 2. The fourth-order valence-electron chi connectivity index (χ4n) is 1.37. The van der Waals surface area contributed by atoms with E-state index in [1.165, 1.54) is 0 Å². The molecular formula is C9H10BrFN2. The Morgan fingerprint density at radius 2 is 2.31 bits per heavy atom. The Balaban J connectivity index is 1.91. The molecule has 70 valence electrons. The molecule has 1 aromatic heterocycles. The van der Waals surface area contributed by atoms with Crippen molar-refractivity contribution in [3.63, 3.8) is 0 Å². The first-order chi connectivity index (χ1) is 6.24. The van der Waals surface area contributed by atoms with Crippen molar-refractivity contribution in [3.05, 3.63) is 28.5 Å². The van der Waals surface area contributed by atoms with Crippen LogP contribution in [0, 0.1) is 0 Å². The van der Waals surface area contributed by atoms with Crippen molar-refractivity contribution in [2.45, 2.75) is 12.7 Å². The summed E-state index contributed by atoms with van der Waals surface area (Å²) in [6, 6.07) is 3.91. The molecule has 1 aliphatic heterocycles. The van der Waals surface area contributed by atoms with E-state index in [0.29, 0.717) is 13.1 Å². The zero-order valence-electron chi connectivity index (χ0n) is 7.08. The van der Waals surface area contributed by atoms with Gasteiger partial charge in [-0.05, 0) is 28.1 Å². The minimum atomic E-state index is -0.629. The molecule has 1 saturated heterocycles. The Hall–Kier alpha value is -0.480. The van der Waals surface area contributed by atoms with Gasteiger partial charge in [0.05, 0.1) is 5.69 Å². The first kappa shape index (κ1) is 9.09. The smallest absolute Gasteiger partial charge is 0.125 e. The number of pyridine rings is 1. The van der Waals surface area contributed by atoms with Crippen molar-refractivity contribution >= 4 is 15.9 Å². The minimum Gasteiger partial charge on any atom is -0.292 e. The van der Waals surface area contributed by atoms with Crippen molar-refractivity contribution in [1.29, 1.82) is 0 Å². The molecule has 0 aliphatic carbocycles. The molecule has 13 heavy (non-hydrogen) atoms. The van der Waals surface area contributed by atoms with Gasteiger partial charge in [-0.25, -0.2) is 4.39 Å². The molecule has 0 aromatic carbocycles. The number of nitrogens with zero attached hydrogens (tertiary/aromatic N) is 2. The third kappa shape index (κ3) is 2.25. The maximum Gasteiger partial charge on any atom is 0.125 e. The summed E-state index contributed by atoms with van der Waals surface area (Å²) in [5.74, 6) is 0. The number of likely N-dealkylation sites (tertiary alicyclic amines) is 1. The second-order valence-electron chi connectivity index (χ2n) is 3.26. The van der Waals surface area contributed by atoms with Gasteiger partial charge in [0.2, 0.25) is 0 Å². The highest BCUT2D eigenvalue weighted by atomic mass is 79.9. The largest absolute Gasteiger partial charge is 0.292 e. The Kier molecular flexibility index (Phi) is 2.60. The molecule has 0 spiro atoms. The van der Waals surface area contributed by atoms with Crippen LogP contribution in [0.2, 0.25) is 0 Å². The quantitative estimate of drug-likeness (QED) is 0.792. The average molecular weight is 245 g/mol. The summed E-state index contributed by atoms with van der Waals surface area (Å²) in [5.41, 5.74) is 0.995. The molecule has 0 atom stereocenters. The molecule has 2 heterocycles. The molecule has 1 aromatic rings. The number of halogens is 2. The summed E-state index contributed by atoms with van der Waals surface area (Å²) in [7, 11) is 0. The van der Waals surface area contributed by atoms with Crippen LogP contribution in [0.4, 0.5) is 4.39 Å². The highest BCUT2D eigenvalue weighted by Gasteiger charge is 2.25. The maximum absolute atomic E-state index is 12.5. The van der Waals surface area contributed by atoms with E-state index >= 15 is 0 Å². The Bertz CT molecular complexity index is 282. The lowest BCUT2D eigenvalue weighted by Gasteiger charge is -2.33. The van der Waals surface area contributed by atoms with Crippen LogP contribution in [0.25, 0.3) is 0 Å². The van der Waals surface area contributed by atoms with Crippen molar-refractivity contribution in [2.75, 3.05) is 13.1 Å². The second kappa shape index (κ2) is 3.72. The molecule has 2 nitrogen and oxygen atoms in total. The molecule has 0 bridgehead atoms. The first-order valence-electron chi connectivity index (χ1n) is 4.21. The monoisotopic (exact) mass is 244 g/mol. The molecule has 1 aliphatic rings. The summed E-state index contributed by atoms with van der Waals surface area (Å²) >= 11 is 3.32. The van der Waals surface area contributed by atoms with E-state index in [4.69, 9.17) is 0 Å². The molecule has 0 radical (unpaired) electrons. The van der Waals surface area contributed by atoms with Gasteiger partial charge in [-0.2, -0.15) is 0 Å². The van der Waals surface area contributed by atoms with Crippen LogP contribution < -0.4 is 0 Å². The molecule has 0 amide bonds. The van der Waals surface area contributed by atoms with Crippen molar-refractivity contribution in [1.82, 2.24) is 9.88 Å². The normalized spacial score (nSPS) is 18.6. The SMILES string of the molecule is FC1CN(Cc2ccc(Br)cn2)C1. The Labute approximate surface area is 84.9 Å². The maximum atomic E-state index is 12.5. The summed E-state index contributed by atoms with van der Waals surface area (Å²) in [4.78, 5) is 6.26. The minimum absolute atomic E-state index is 0.553. The second-order valence-corrected chi connectivity index (χ2v) is 4.17. The zero-order chi connectivity index (χ0) is 9.26. The zero-order valence-corrected chi connectivity index (χ0v) is 8.67. The predicted molar refractivity (Wildman–Crippen MR) is 52.1 cm³/mol. The first-order valence-corrected chi connectivity index (χ1v) is 5.00. The van der Waals surface area contributed by atoms with E-state index in [1.807, 2.05) is 17.0 Å². The average Bonchev–Trinajstić information content (AvgIpc) is 2.06. The van der Waals surface area contributed by atoms with E-state index in [-0.39, 0.29) is 0 Å². The van der Waals surface area contributed by atoms with Gasteiger partial charge >= 0.3 is 0 Å². The van der Waals surface area contributed by atoms with Crippen LogP contribution in [0.15, 0.2) is 22.8 Å². The summed E-state index contributed by atoms with van der Waals surface area (Å²) < 4.78 is 13.4. The summed E-state index contributed by atoms with van der Waals surface area (Å²) in [6.07, 6.45) is 1.14. The van der Waals surface area contributed by atoms with Crippen LogP contribution in [0.5, 0.6) is 0 Å². The lowest BCUT2D eigenvalue weighted by molar-refractivity contribution is 0.0580. The van der Waals surface area contributed by atoms with Crippen LogP contribution in [0.3, 0.4) is 0 Å².